The lowest BCUT2D eigenvalue weighted by Crippen LogP contribution is -2.02. The number of nitrogens with zero attached hydrogens (tertiary/aromatic N) is 4. The molecule has 0 unspecified atom stereocenters. The summed E-state index contributed by atoms with van der Waals surface area (Å²) >= 11 is 0. The molecule has 6 nitrogen and oxygen atoms in total. The Labute approximate surface area is 106 Å². The molecule has 0 spiro atoms. The van der Waals surface area contributed by atoms with Crippen LogP contribution in [0.3, 0.4) is 0 Å². The first-order valence-electron chi connectivity index (χ1n) is 6.13. The van der Waals surface area contributed by atoms with Gasteiger partial charge in [-0.1, -0.05) is 0 Å². The topological polar surface area (TPSA) is 67.9 Å². The lowest BCUT2D eigenvalue weighted by molar-refractivity contribution is 0.269. The van der Waals surface area contributed by atoms with Crippen LogP contribution in [0.5, 0.6) is 0 Å². The van der Waals surface area contributed by atoms with E-state index in [4.69, 9.17) is 5.11 Å². The fraction of sp³-hybridized carbons (Fsp3) is 0.500. The summed E-state index contributed by atoms with van der Waals surface area (Å²) in [6.45, 7) is 6.32. The van der Waals surface area contributed by atoms with Crippen LogP contribution in [-0.2, 0) is 19.6 Å². The molecule has 0 saturated heterocycles. The SMILES string of the molecule is CCn1cc(CNc2cnn(CCO)c2)c(C)n1. The molecule has 0 bridgehead atoms. The fourth-order valence-corrected chi connectivity index (χ4v) is 1.77. The average Bonchev–Trinajstić information content (AvgIpc) is 2.94. The number of rotatable bonds is 6. The molecule has 0 aliphatic rings. The molecule has 0 aliphatic carbocycles. The Morgan fingerprint density at radius 2 is 2.17 bits per heavy atom. The molecular weight excluding hydrogens is 230 g/mol. The predicted molar refractivity (Wildman–Crippen MR) is 69.3 cm³/mol. The molecular formula is C12H19N5O. The van der Waals surface area contributed by atoms with Crippen molar-refractivity contribution >= 4 is 5.69 Å². The summed E-state index contributed by atoms with van der Waals surface area (Å²) in [7, 11) is 0. The number of nitrogens with one attached hydrogen (secondary N) is 1. The Morgan fingerprint density at radius 1 is 1.33 bits per heavy atom. The second-order valence-electron chi connectivity index (χ2n) is 4.16. The van der Waals surface area contributed by atoms with Crippen LogP contribution < -0.4 is 5.32 Å². The van der Waals surface area contributed by atoms with Crippen molar-refractivity contribution < 1.29 is 5.11 Å². The summed E-state index contributed by atoms with van der Waals surface area (Å²) in [6, 6.07) is 0. The van der Waals surface area contributed by atoms with Crippen LogP contribution in [-0.4, -0.2) is 31.3 Å². The number of hydrogen-bond acceptors (Lipinski definition) is 4. The summed E-state index contributed by atoms with van der Waals surface area (Å²) in [5, 5.41) is 20.6. The van der Waals surface area contributed by atoms with E-state index in [1.165, 1.54) is 5.56 Å². The highest BCUT2D eigenvalue weighted by Crippen LogP contribution is 2.10. The summed E-state index contributed by atoms with van der Waals surface area (Å²) in [5.74, 6) is 0. The van der Waals surface area contributed by atoms with Crippen molar-refractivity contribution in [2.75, 3.05) is 11.9 Å². The van der Waals surface area contributed by atoms with Gasteiger partial charge in [0.25, 0.3) is 0 Å². The quantitative estimate of drug-likeness (QED) is 0.802. The summed E-state index contributed by atoms with van der Waals surface area (Å²) in [5.41, 5.74) is 3.19. The van der Waals surface area contributed by atoms with Crippen LogP contribution in [0.15, 0.2) is 18.6 Å². The van der Waals surface area contributed by atoms with Gasteiger partial charge in [-0.3, -0.25) is 9.36 Å². The van der Waals surface area contributed by atoms with E-state index in [-0.39, 0.29) is 6.61 Å². The monoisotopic (exact) mass is 249 g/mol. The van der Waals surface area contributed by atoms with E-state index in [0.29, 0.717) is 6.54 Å². The molecule has 2 aromatic heterocycles. The van der Waals surface area contributed by atoms with Gasteiger partial charge in [-0.25, -0.2) is 0 Å². The van der Waals surface area contributed by atoms with Crippen molar-refractivity contribution in [2.24, 2.45) is 0 Å². The van der Waals surface area contributed by atoms with Gasteiger partial charge in [0.15, 0.2) is 0 Å². The Balaban J connectivity index is 1.95. The van der Waals surface area contributed by atoms with Gasteiger partial charge in [0.2, 0.25) is 0 Å². The van der Waals surface area contributed by atoms with Crippen molar-refractivity contribution in [1.29, 1.82) is 0 Å². The van der Waals surface area contributed by atoms with Gasteiger partial charge in [0, 0.05) is 31.0 Å². The summed E-state index contributed by atoms with van der Waals surface area (Å²) < 4.78 is 3.65. The van der Waals surface area contributed by atoms with E-state index in [0.717, 1.165) is 24.5 Å². The first-order valence-corrected chi connectivity index (χ1v) is 6.13. The molecule has 0 amide bonds. The predicted octanol–water partition coefficient (Wildman–Crippen LogP) is 1.01. The summed E-state index contributed by atoms with van der Waals surface area (Å²) in [4.78, 5) is 0. The molecule has 0 aromatic carbocycles. The minimum absolute atomic E-state index is 0.101. The van der Waals surface area contributed by atoms with Crippen LogP contribution in [0.4, 0.5) is 5.69 Å². The van der Waals surface area contributed by atoms with E-state index < -0.39 is 0 Å². The maximum atomic E-state index is 8.81. The van der Waals surface area contributed by atoms with E-state index in [1.807, 2.05) is 17.8 Å². The molecule has 0 radical (unpaired) electrons. The van der Waals surface area contributed by atoms with Crippen LogP contribution in [0.2, 0.25) is 0 Å². The smallest absolute Gasteiger partial charge is 0.0729 e. The molecule has 98 valence electrons. The third kappa shape index (κ3) is 2.89. The molecule has 0 atom stereocenters. The zero-order chi connectivity index (χ0) is 13.0. The highest BCUT2D eigenvalue weighted by molar-refractivity contribution is 5.39. The summed E-state index contributed by atoms with van der Waals surface area (Å²) in [6.07, 6.45) is 5.70. The largest absolute Gasteiger partial charge is 0.394 e. The first-order chi connectivity index (χ1) is 8.72. The maximum absolute atomic E-state index is 8.81. The standard InChI is InChI=1S/C12H19N5O/c1-3-16-8-11(10(2)15-16)6-13-12-7-14-17(9-12)4-5-18/h7-9,13,18H,3-6H2,1-2H3. The van der Waals surface area contributed by atoms with Crippen LogP contribution in [0.25, 0.3) is 0 Å². The second-order valence-corrected chi connectivity index (χ2v) is 4.16. The van der Waals surface area contributed by atoms with Crippen molar-refractivity contribution in [1.82, 2.24) is 19.6 Å². The Bertz CT molecular complexity index is 502. The fourth-order valence-electron chi connectivity index (χ4n) is 1.77. The number of aromatic nitrogens is 4. The van der Waals surface area contributed by atoms with Crippen LogP contribution >= 0.6 is 0 Å². The number of aryl methyl sites for hydroxylation is 2. The Kier molecular flexibility index (Phi) is 3.99. The number of aliphatic hydroxyl groups excluding tert-OH is 1. The highest BCUT2D eigenvalue weighted by atomic mass is 16.3. The van der Waals surface area contributed by atoms with Gasteiger partial charge in [-0.2, -0.15) is 10.2 Å². The van der Waals surface area contributed by atoms with E-state index >= 15 is 0 Å². The van der Waals surface area contributed by atoms with Gasteiger partial charge in [0.05, 0.1) is 30.7 Å². The Morgan fingerprint density at radius 3 is 2.83 bits per heavy atom. The van der Waals surface area contributed by atoms with Crippen molar-refractivity contribution in [3.05, 3.63) is 29.8 Å². The van der Waals surface area contributed by atoms with E-state index in [9.17, 15) is 0 Å². The molecule has 0 aliphatic heterocycles. The van der Waals surface area contributed by atoms with Crippen molar-refractivity contribution in [3.63, 3.8) is 0 Å². The van der Waals surface area contributed by atoms with Gasteiger partial charge >= 0.3 is 0 Å². The zero-order valence-electron chi connectivity index (χ0n) is 10.8. The van der Waals surface area contributed by atoms with Crippen molar-refractivity contribution in [3.8, 4) is 0 Å². The molecule has 2 N–H and O–H groups in total. The molecule has 0 saturated carbocycles. The average molecular weight is 249 g/mol. The van der Waals surface area contributed by atoms with Crippen molar-refractivity contribution in [2.45, 2.75) is 33.5 Å². The minimum Gasteiger partial charge on any atom is -0.394 e. The normalized spacial score (nSPS) is 10.8. The second kappa shape index (κ2) is 5.68. The van der Waals surface area contributed by atoms with Gasteiger partial charge in [-0.05, 0) is 13.8 Å². The minimum atomic E-state index is 0.101. The number of hydrogen-bond donors (Lipinski definition) is 2. The molecule has 2 rings (SSSR count). The third-order valence-electron chi connectivity index (χ3n) is 2.82. The van der Waals surface area contributed by atoms with E-state index in [2.05, 4.69) is 28.6 Å². The maximum Gasteiger partial charge on any atom is 0.0729 e. The number of anilines is 1. The molecule has 6 heteroatoms. The molecule has 2 aromatic rings. The Hall–Kier alpha value is -1.82. The lowest BCUT2D eigenvalue weighted by Gasteiger charge is -2.01. The molecule has 2 heterocycles. The van der Waals surface area contributed by atoms with Crippen LogP contribution in [0, 0.1) is 6.92 Å². The van der Waals surface area contributed by atoms with Gasteiger partial charge in [0.1, 0.15) is 0 Å². The first kappa shape index (κ1) is 12.6. The van der Waals surface area contributed by atoms with Gasteiger partial charge in [-0.15, -0.1) is 0 Å². The van der Waals surface area contributed by atoms with Gasteiger partial charge < -0.3 is 10.4 Å². The zero-order valence-corrected chi connectivity index (χ0v) is 10.8. The molecule has 18 heavy (non-hydrogen) atoms. The lowest BCUT2D eigenvalue weighted by atomic mass is 10.2. The highest BCUT2D eigenvalue weighted by Gasteiger charge is 2.04. The van der Waals surface area contributed by atoms with E-state index in [1.54, 1.807) is 10.9 Å². The third-order valence-corrected chi connectivity index (χ3v) is 2.82. The number of aliphatic hydroxyl groups is 1. The van der Waals surface area contributed by atoms with Crippen LogP contribution in [0.1, 0.15) is 18.2 Å². The molecule has 0 fully saturated rings.